The number of para-hydroxylation sites is 1. The van der Waals surface area contributed by atoms with Gasteiger partial charge in [0.1, 0.15) is 11.9 Å². The molecule has 0 heterocycles. The summed E-state index contributed by atoms with van der Waals surface area (Å²) in [4.78, 5) is 23.6. The van der Waals surface area contributed by atoms with Crippen molar-refractivity contribution < 1.29 is 14.0 Å². The molecule has 22 heavy (non-hydrogen) atoms. The third kappa shape index (κ3) is 4.41. The van der Waals surface area contributed by atoms with Gasteiger partial charge in [0, 0.05) is 19.0 Å². The van der Waals surface area contributed by atoms with Crippen molar-refractivity contribution in [3.05, 3.63) is 66.0 Å². The van der Waals surface area contributed by atoms with Crippen LogP contribution in [0.4, 0.5) is 10.1 Å². The topological polar surface area (TPSA) is 58.2 Å². The van der Waals surface area contributed by atoms with Gasteiger partial charge in [-0.3, -0.25) is 9.59 Å². The molecule has 2 aromatic rings. The Bertz CT molecular complexity index is 659. The van der Waals surface area contributed by atoms with Gasteiger partial charge in [-0.2, -0.15) is 0 Å². The molecule has 0 aliphatic heterocycles. The van der Waals surface area contributed by atoms with E-state index in [9.17, 15) is 14.0 Å². The summed E-state index contributed by atoms with van der Waals surface area (Å²) >= 11 is 0. The summed E-state index contributed by atoms with van der Waals surface area (Å²) in [7, 11) is 0. The molecule has 114 valence electrons. The highest BCUT2D eigenvalue weighted by Gasteiger charge is 2.21. The average molecular weight is 300 g/mol. The minimum Gasteiger partial charge on any atom is -0.344 e. The lowest BCUT2D eigenvalue weighted by atomic mass is 10.0. The Kier molecular flexibility index (Phi) is 5.25. The Balaban J connectivity index is 2.13. The number of hydrogen-bond acceptors (Lipinski definition) is 2. The first-order valence-corrected chi connectivity index (χ1v) is 6.92. The lowest BCUT2D eigenvalue weighted by Crippen LogP contribution is -2.44. The molecule has 0 saturated carbocycles. The van der Waals surface area contributed by atoms with Crippen molar-refractivity contribution in [2.45, 2.75) is 19.4 Å². The largest absolute Gasteiger partial charge is 0.344 e. The molecule has 0 saturated heterocycles. The molecule has 1 atom stereocenters. The van der Waals surface area contributed by atoms with Crippen LogP contribution in [-0.2, 0) is 16.0 Å². The summed E-state index contributed by atoms with van der Waals surface area (Å²) in [5, 5.41) is 5.27. The molecular weight excluding hydrogens is 283 g/mol. The summed E-state index contributed by atoms with van der Waals surface area (Å²) in [5.41, 5.74) is 1.00. The van der Waals surface area contributed by atoms with E-state index < -0.39 is 11.9 Å². The van der Waals surface area contributed by atoms with Crippen LogP contribution in [0.15, 0.2) is 54.6 Å². The predicted molar refractivity (Wildman–Crippen MR) is 82.8 cm³/mol. The Morgan fingerprint density at radius 1 is 1.05 bits per heavy atom. The Morgan fingerprint density at radius 3 is 2.32 bits per heavy atom. The summed E-state index contributed by atoms with van der Waals surface area (Å²) < 4.78 is 13.7. The van der Waals surface area contributed by atoms with Gasteiger partial charge < -0.3 is 10.6 Å². The van der Waals surface area contributed by atoms with Crippen LogP contribution in [-0.4, -0.2) is 17.9 Å². The molecule has 1 unspecified atom stereocenters. The van der Waals surface area contributed by atoms with E-state index in [0.717, 1.165) is 0 Å². The van der Waals surface area contributed by atoms with Crippen LogP contribution in [0.2, 0.25) is 0 Å². The van der Waals surface area contributed by atoms with Gasteiger partial charge in [-0.25, -0.2) is 4.39 Å². The molecule has 2 rings (SSSR count). The fraction of sp³-hybridized carbons (Fsp3) is 0.176. The standard InChI is InChI=1S/C17H17FN2O2/c1-12(21)19-16(11-13-7-5-6-10-15(13)18)17(22)20-14-8-3-2-4-9-14/h2-10,16H,11H2,1H3,(H,19,21)(H,20,22). The fourth-order valence-corrected chi connectivity index (χ4v) is 2.09. The highest BCUT2D eigenvalue weighted by Crippen LogP contribution is 2.11. The van der Waals surface area contributed by atoms with Crippen LogP contribution in [0.5, 0.6) is 0 Å². The maximum atomic E-state index is 13.7. The van der Waals surface area contributed by atoms with Crippen LogP contribution in [0.3, 0.4) is 0 Å². The number of amides is 2. The van der Waals surface area contributed by atoms with E-state index in [0.29, 0.717) is 11.3 Å². The van der Waals surface area contributed by atoms with Crippen LogP contribution < -0.4 is 10.6 Å². The van der Waals surface area contributed by atoms with Crippen LogP contribution in [0.1, 0.15) is 12.5 Å². The maximum Gasteiger partial charge on any atom is 0.247 e. The summed E-state index contributed by atoms with van der Waals surface area (Å²) in [5.74, 6) is -1.13. The van der Waals surface area contributed by atoms with Crippen LogP contribution in [0, 0.1) is 5.82 Å². The number of halogens is 1. The third-order valence-electron chi connectivity index (χ3n) is 3.12. The molecule has 0 spiro atoms. The smallest absolute Gasteiger partial charge is 0.247 e. The second kappa shape index (κ2) is 7.36. The molecule has 0 radical (unpaired) electrons. The minimum atomic E-state index is -0.838. The normalized spacial score (nSPS) is 11.5. The number of rotatable bonds is 5. The number of carbonyl (C=O) groups is 2. The first-order chi connectivity index (χ1) is 10.6. The zero-order valence-corrected chi connectivity index (χ0v) is 12.2. The van der Waals surface area contributed by atoms with Crippen molar-refractivity contribution in [1.29, 1.82) is 0 Å². The summed E-state index contributed by atoms with van der Waals surface area (Å²) in [6.07, 6.45) is 0.0882. The van der Waals surface area contributed by atoms with Crippen molar-refractivity contribution in [3.8, 4) is 0 Å². The molecule has 0 fully saturated rings. The molecule has 5 heteroatoms. The van der Waals surface area contributed by atoms with Crippen LogP contribution in [0.25, 0.3) is 0 Å². The molecule has 0 aliphatic rings. The summed E-state index contributed by atoms with van der Waals surface area (Å²) in [6, 6.07) is 14.3. The zero-order chi connectivity index (χ0) is 15.9. The van der Waals surface area contributed by atoms with E-state index in [2.05, 4.69) is 10.6 Å². The Morgan fingerprint density at radius 2 is 1.68 bits per heavy atom. The monoisotopic (exact) mass is 300 g/mol. The lowest BCUT2D eigenvalue weighted by Gasteiger charge is -2.18. The molecule has 0 bridgehead atoms. The van der Waals surface area contributed by atoms with E-state index in [-0.39, 0.29) is 18.2 Å². The predicted octanol–water partition coefficient (Wildman–Crippen LogP) is 2.51. The second-order valence-corrected chi connectivity index (χ2v) is 4.90. The fourth-order valence-electron chi connectivity index (χ4n) is 2.09. The number of hydrogen-bond donors (Lipinski definition) is 2. The molecule has 0 aliphatic carbocycles. The van der Waals surface area contributed by atoms with Gasteiger partial charge in [-0.15, -0.1) is 0 Å². The van der Waals surface area contributed by atoms with Crippen molar-refractivity contribution in [1.82, 2.24) is 5.32 Å². The molecule has 4 nitrogen and oxygen atoms in total. The van der Waals surface area contributed by atoms with E-state index in [1.807, 2.05) is 6.07 Å². The van der Waals surface area contributed by atoms with Gasteiger partial charge in [-0.05, 0) is 23.8 Å². The molecule has 2 N–H and O–H groups in total. The van der Waals surface area contributed by atoms with E-state index >= 15 is 0 Å². The second-order valence-electron chi connectivity index (χ2n) is 4.90. The Hall–Kier alpha value is -2.69. The highest BCUT2D eigenvalue weighted by atomic mass is 19.1. The molecular formula is C17H17FN2O2. The van der Waals surface area contributed by atoms with E-state index in [1.165, 1.54) is 13.0 Å². The quantitative estimate of drug-likeness (QED) is 0.891. The summed E-state index contributed by atoms with van der Waals surface area (Å²) in [6.45, 7) is 1.32. The van der Waals surface area contributed by atoms with Crippen LogP contribution >= 0.6 is 0 Å². The van der Waals surface area contributed by atoms with E-state index in [4.69, 9.17) is 0 Å². The van der Waals surface area contributed by atoms with Gasteiger partial charge in [0.05, 0.1) is 0 Å². The maximum absolute atomic E-state index is 13.7. The van der Waals surface area contributed by atoms with E-state index in [1.54, 1.807) is 42.5 Å². The minimum absolute atomic E-state index is 0.0882. The number of carbonyl (C=O) groups excluding carboxylic acids is 2. The van der Waals surface area contributed by atoms with Gasteiger partial charge in [0.2, 0.25) is 11.8 Å². The molecule has 2 aromatic carbocycles. The van der Waals surface area contributed by atoms with Gasteiger partial charge in [0.25, 0.3) is 0 Å². The first kappa shape index (κ1) is 15.7. The number of benzene rings is 2. The highest BCUT2D eigenvalue weighted by molar-refractivity contribution is 5.97. The van der Waals surface area contributed by atoms with Gasteiger partial charge >= 0.3 is 0 Å². The Labute approximate surface area is 128 Å². The zero-order valence-electron chi connectivity index (χ0n) is 12.2. The van der Waals surface area contributed by atoms with Crippen molar-refractivity contribution in [2.75, 3.05) is 5.32 Å². The molecule has 0 aromatic heterocycles. The lowest BCUT2D eigenvalue weighted by molar-refractivity contribution is -0.125. The SMILES string of the molecule is CC(=O)NC(Cc1ccccc1F)C(=O)Nc1ccccc1. The average Bonchev–Trinajstić information content (AvgIpc) is 2.49. The first-order valence-electron chi connectivity index (χ1n) is 6.92. The third-order valence-corrected chi connectivity index (χ3v) is 3.12. The number of anilines is 1. The van der Waals surface area contributed by atoms with Gasteiger partial charge in [-0.1, -0.05) is 36.4 Å². The number of nitrogens with one attached hydrogen (secondary N) is 2. The van der Waals surface area contributed by atoms with Crippen molar-refractivity contribution >= 4 is 17.5 Å². The van der Waals surface area contributed by atoms with Crippen molar-refractivity contribution in [2.24, 2.45) is 0 Å². The van der Waals surface area contributed by atoms with Crippen molar-refractivity contribution in [3.63, 3.8) is 0 Å². The molecule has 2 amide bonds. The van der Waals surface area contributed by atoms with Gasteiger partial charge in [0.15, 0.2) is 0 Å².